The highest BCUT2D eigenvalue weighted by Crippen LogP contribution is 2.29. The van der Waals surface area contributed by atoms with Gasteiger partial charge in [0.15, 0.2) is 0 Å². The second kappa shape index (κ2) is 8.03. The summed E-state index contributed by atoms with van der Waals surface area (Å²) in [4.78, 5) is 33.2. The molecule has 1 fully saturated rings. The van der Waals surface area contributed by atoms with Gasteiger partial charge in [-0.15, -0.1) is 0 Å². The van der Waals surface area contributed by atoms with E-state index >= 15 is 0 Å². The number of aromatic nitrogens is 3. The number of aryl methyl sites for hydroxylation is 1. The van der Waals surface area contributed by atoms with Crippen LogP contribution in [-0.4, -0.2) is 62.6 Å². The van der Waals surface area contributed by atoms with Gasteiger partial charge < -0.3 is 9.80 Å². The number of halogens is 1. The van der Waals surface area contributed by atoms with Gasteiger partial charge in [-0.2, -0.15) is 5.10 Å². The van der Waals surface area contributed by atoms with Crippen molar-refractivity contribution in [2.45, 2.75) is 38.6 Å². The summed E-state index contributed by atoms with van der Waals surface area (Å²) < 4.78 is 2.68. The number of carbonyl (C=O) groups is 2. The maximum Gasteiger partial charge on any atom is 0.272 e. The Kier molecular flexibility index (Phi) is 5.48. The number of hydrogen-bond donors (Lipinski definition) is 0. The Balaban J connectivity index is 1.44. The van der Waals surface area contributed by atoms with E-state index in [-0.39, 0.29) is 17.7 Å². The molecule has 28 heavy (non-hydrogen) atoms. The van der Waals surface area contributed by atoms with Gasteiger partial charge in [0.1, 0.15) is 5.69 Å². The van der Waals surface area contributed by atoms with E-state index in [4.69, 9.17) is 5.10 Å². The van der Waals surface area contributed by atoms with Crippen LogP contribution in [0.15, 0.2) is 29.0 Å². The minimum atomic E-state index is 0.0154. The molecule has 2 amide bonds. The number of pyridine rings is 1. The third kappa shape index (κ3) is 3.70. The van der Waals surface area contributed by atoms with Crippen molar-refractivity contribution in [3.05, 3.63) is 46.0 Å². The predicted octanol–water partition coefficient (Wildman–Crippen LogP) is 2.93. The van der Waals surface area contributed by atoms with Crippen molar-refractivity contribution in [3.8, 4) is 0 Å². The molecule has 0 aliphatic carbocycles. The van der Waals surface area contributed by atoms with Crippen LogP contribution in [0.25, 0.3) is 0 Å². The Morgan fingerprint density at radius 1 is 1.18 bits per heavy atom. The Hall–Kier alpha value is -2.22. The van der Waals surface area contributed by atoms with Crippen LogP contribution >= 0.6 is 15.9 Å². The molecule has 0 saturated carbocycles. The van der Waals surface area contributed by atoms with Crippen LogP contribution in [-0.2, 0) is 6.54 Å². The van der Waals surface area contributed by atoms with Crippen LogP contribution in [0.5, 0.6) is 0 Å². The van der Waals surface area contributed by atoms with Crippen molar-refractivity contribution < 1.29 is 9.59 Å². The van der Waals surface area contributed by atoms with Crippen molar-refractivity contribution >= 4 is 27.7 Å². The fraction of sp³-hybridized carbons (Fsp3) is 0.500. The zero-order valence-corrected chi connectivity index (χ0v) is 17.6. The SMILES string of the molecule is CCN1CCCn2nc(C3CCN(C(=O)c4cncc(Br)c4)CC3)cc2C1=O. The number of likely N-dealkylation sites (tertiary alicyclic amines) is 1. The fourth-order valence-corrected chi connectivity index (χ4v) is 4.41. The Bertz CT molecular complexity index is 888. The van der Waals surface area contributed by atoms with Crippen LogP contribution in [0.2, 0.25) is 0 Å². The van der Waals surface area contributed by atoms with Crippen LogP contribution in [0.1, 0.15) is 58.6 Å². The average molecular weight is 446 g/mol. The largest absolute Gasteiger partial charge is 0.339 e. The maximum atomic E-state index is 12.7. The minimum absolute atomic E-state index is 0.0154. The molecule has 4 rings (SSSR count). The second-order valence-electron chi connectivity index (χ2n) is 7.37. The van der Waals surface area contributed by atoms with Crippen molar-refractivity contribution in [3.63, 3.8) is 0 Å². The normalized spacial score (nSPS) is 18.1. The molecule has 2 aliphatic rings. The van der Waals surface area contributed by atoms with Gasteiger partial charge in [0.05, 0.1) is 11.3 Å². The zero-order chi connectivity index (χ0) is 19.7. The summed E-state index contributed by atoms with van der Waals surface area (Å²) in [5, 5.41) is 4.74. The molecule has 148 valence electrons. The smallest absolute Gasteiger partial charge is 0.272 e. The van der Waals surface area contributed by atoms with E-state index in [0.717, 1.165) is 49.1 Å². The lowest BCUT2D eigenvalue weighted by Crippen LogP contribution is -2.38. The first kappa shape index (κ1) is 19.1. The number of piperidine rings is 1. The highest BCUT2D eigenvalue weighted by Gasteiger charge is 2.29. The number of rotatable bonds is 3. The van der Waals surface area contributed by atoms with E-state index in [2.05, 4.69) is 20.9 Å². The monoisotopic (exact) mass is 445 g/mol. The third-order valence-corrected chi connectivity index (χ3v) is 6.07. The summed E-state index contributed by atoms with van der Waals surface area (Å²) >= 11 is 3.37. The Morgan fingerprint density at radius 2 is 1.96 bits per heavy atom. The summed E-state index contributed by atoms with van der Waals surface area (Å²) in [6.45, 7) is 5.69. The standard InChI is InChI=1S/C20H24BrN5O2/c1-2-24-6-3-7-26-18(20(24)28)11-17(23-26)14-4-8-25(9-5-14)19(27)15-10-16(21)13-22-12-15/h10-14H,2-9H2,1H3. The summed E-state index contributed by atoms with van der Waals surface area (Å²) in [6, 6.07) is 3.77. The van der Waals surface area contributed by atoms with Crippen molar-refractivity contribution in [1.82, 2.24) is 24.6 Å². The molecule has 2 aliphatic heterocycles. The van der Waals surface area contributed by atoms with E-state index in [1.165, 1.54) is 0 Å². The summed E-state index contributed by atoms with van der Waals surface area (Å²) in [7, 11) is 0. The van der Waals surface area contributed by atoms with Crippen LogP contribution in [0, 0.1) is 0 Å². The van der Waals surface area contributed by atoms with E-state index in [0.29, 0.717) is 24.3 Å². The summed E-state index contributed by atoms with van der Waals surface area (Å²) in [5.41, 5.74) is 2.29. The maximum absolute atomic E-state index is 12.7. The van der Waals surface area contributed by atoms with Crippen LogP contribution in [0.3, 0.4) is 0 Å². The molecule has 0 radical (unpaired) electrons. The molecule has 4 heterocycles. The number of amides is 2. The number of fused-ring (bicyclic) bond motifs is 1. The molecule has 0 bridgehead atoms. The van der Waals surface area contributed by atoms with Gasteiger partial charge in [-0.25, -0.2) is 0 Å². The molecular formula is C20H24BrN5O2. The van der Waals surface area contributed by atoms with Crippen molar-refractivity contribution in [2.24, 2.45) is 0 Å². The van der Waals surface area contributed by atoms with E-state index in [9.17, 15) is 9.59 Å². The first-order valence-corrected chi connectivity index (χ1v) is 10.6. The number of hydrogen-bond acceptors (Lipinski definition) is 4. The minimum Gasteiger partial charge on any atom is -0.339 e. The first-order chi connectivity index (χ1) is 13.6. The molecular weight excluding hydrogens is 422 g/mol. The molecule has 0 atom stereocenters. The molecule has 0 unspecified atom stereocenters. The highest BCUT2D eigenvalue weighted by molar-refractivity contribution is 9.10. The molecule has 0 N–H and O–H groups in total. The lowest BCUT2D eigenvalue weighted by molar-refractivity contribution is 0.0710. The van der Waals surface area contributed by atoms with E-state index < -0.39 is 0 Å². The Labute approximate surface area is 172 Å². The fourth-order valence-electron chi connectivity index (χ4n) is 4.05. The molecule has 7 nitrogen and oxygen atoms in total. The molecule has 8 heteroatoms. The average Bonchev–Trinajstić information content (AvgIpc) is 3.08. The molecule has 1 saturated heterocycles. The molecule has 0 spiro atoms. The van der Waals surface area contributed by atoms with Crippen molar-refractivity contribution in [2.75, 3.05) is 26.2 Å². The molecule has 2 aromatic rings. The van der Waals surface area contributed by atoms with Crippen LogP contribution < -0.4 is 0 Å². The molecule has 0 aromatic carbocycles. The van der Waals surface area contributed by atoms with Gasteiger partial charge in [0.2, 0.25) is 0 Å². The number of carbonyl (C=O) groups excluding carboxylic acids is 2. The summed E-state index contributed by atoms with van der Waals surface area (Å²) in [5.74, 6) is 0.377. The molecule has 2 aromatic heterocycles. The second-order valence-corrected chi connectivity index (χ2v) is 8.29. The predicted molar refractivity (Wildman–Crippen MR) is 108 cm³/mol. The van der Waals surface area contributed by atoms with Gasteiger partial charge in [0.25, 0.3) is 11.8 Å². The van der Waals surface area contributed by atoms with E-state index in [1.807, 2.05) is 27.5 Å². The quantitative estimate of drug-likeness (QED) is 0.727. The van der Waals surface area contributed by atoms with Gasteiger partial charge in [-0.1, -0.05) is 0 Å². The van der Waals surface area contributed by atoms with Crippen molar-refractivity contribution in [1.29, 1.82) is 0 Å². The number of nitrogens with zero attached hydrogens (tertiary/aromatic N) is 5. The zero-order valence-electron chi connectivity index (χ0n) is 16.0. The highest BCUT2D eigenvalue weighted by atomic mass is 79.9. The van der Waals surface area contributed by atoms with Gasteiger partial charge in [-0.05, 0) is 54.2 Å². The summed E-state index contributed by atoms with van der Waals surface area (Å²) in [6.07, 6.45) is 5.93. The van der Waals surface area contributed by atoms with Crippen LogP contribution in [0.4, 0.5) is 0 Å². The van der Waals surface area contributed by atoms with E-state index in [1.54, 1.807) is 18.5 Å². The van der Waals surface area contributed by atoms with Gasteiger partial charge >= 0.3 is 0 Å². The van der Waals surface area contributed by atoms with Gasteiger partial charge in [-0.3, -0.25) is 19.3 Å². The topological polar surface area (TPSA) is 71.3 Å². The first-order valence-electron chi connectivity index (χ1n) is 9.83. The lowest BCUT2D eigenvalue weighted by atomic mass is 9.93. The third-order valence-electron chi connectivity index (χ3n) is 5.64. The lowest BCUT2D eigenvalue weighted by Gasteiger charge is -2.31. The Morgan fingerprint density at radius 3 is 2.68 bits per heavy atom. The van der Waals surface area contributed by atoms with Gasteiger partial charge in [0, 0.05) is 55.5 Å².